The fourth-order valence-electron chi connectivity index (χ4n) is 8.05. The standard InChI is InChI=1S/C49H47NO4/c1-3-4-5-8-34-9-13-36(14-10-34)37-15-17-38(18-16-37)39-19-26-44-40(31-39)32-46(48(52)53-2)45-27-28-49(54-47(44)45,41-20-11-35(33-51)12-21-41)42-22-24-43(25-23-42)50-29-6-7-30-50/h9-28,31-32,51H,3-8,29-30,33H2,1-2H3. The highest BCUT2D eigenvalue weighted by Crippen LogP contribution is 2.47. The maximum Gasteiger partial charge on any atom is 0.338 e. The number of carbonyl (C=O) groups excluding carboxylic acids is 1. The van der Waals surface area contributed by atoms with E-state index < -0.39 is 11.6 Å². The predicted octanol–water partition coefficient (Wildman–Crippen LogP) is 11.1. The second-order valence-electron chi connectivity index (χ2n) is 14.6. The lowest BCUT2D eigenvalue weighted by molar-refractivity contribution is 0.0599. The SMILES string of the molecule is CCCCCc1ccc(-c2ccc(-c3ccc4c5c(c(C(=O)OC)cc4c3)C=CC(c3ccc(CO)cc3)(c3ccc(N4CCCC4)cc3)O5)cc2)cc1. The highest BCUT2D eigenvalue weighted by atomic mass is 16.5. The van der Waals surface area contributed by atoms with E-state index in [0.29, 0.717) is 16.9 Å². The summed E-state index contributed by atoms with van der Waals surface area (Å²) in [6.07, 6.45) is 11.3. The van der Waals surface area contributed by atoms with Gasteiger partial charge in [-0.1, -0.05) is 117 Å². The zero-order valence-electron chi connectivity index (χ0n) is 31.2. The summed E-state index contributed by atoms with van der Waals surface area (Å²) in [7, 11) is 1.42. The summed E-state index contributed by atoms with van der Waals surface area (Å²) in [5.74, 6) is 0.215. The summed E-state index contributed by atoms with van der Waals surface area (Å²) < 4.78 is 12.6. The molecule has 0 amide bonds. The molecule has 2 heterocycles. The van der Waals surface area contributed by atoms with Gasteiger partial charge in [-0.15, -0.1) is 0 Å². The number of aryl methyl sites for hydroxylation is 1. The van der Waals surface area contributed by atoms with Crippen molar-refractivity contribution in [2.45, 2.75) is 57.7 Å². The van der Waals surface area contributed by atoms with Gasteiger partial charge in [-0.2, -0.15) is 0 Å². The molecular weight excluding hydrogens is 667 g/mol. The smallest absolute Gasteiger partial charge is 0.338 e. The molecule has 6 aromatic carbocycles. The molecule has 272 valence electrons. The van der Waals surface area contributed by atoms with Crippen LogP contribution < -0.4 is 9.64 Å². The third-order valence-corrected chi connectivity index (χ3v) is 11.2. The topological polar surface area (TPSA) is 59.0 Å². The number of carbonyl (C=O) groups is 1. The van der Waals surface area contributed by atoms with E-state index in [1.165, 1.54) is 61.6 Å². The Morgan fingerprint density at radius 3 is 1.96 bits per heavy atom. The van der Waals surface area contributed by atoms with Crippen LogP contribution in [0, 0.1) is 0 Å². The summed E-state index contributed by atoms with van der Waals surface area (Å²) in [4.78, 5) is 15.8. The van der Waals surface area contributed by atoms with Crippen molar-refractivity contribution < 1.29 is 19.4 Å². The molecule has 0 aliphatic carbocycles. The molecular formula is C49H47NO4. The first-order valence-electron chi connectivity index (χ1n) is 19.3. The van der Waals surface area contributed by atoms with Gasteiger partial charge in [0.2, 0.25) is 0 Å². The maximum absolute atomic E-state index is 13.3. The van der Waals surface area contributed by atoms with E-state index in [9.17, 15) is 9.90 Å². The molecule has 1 fully saturated rings. The molecule has 0 bridgehead atoms. The van der Waals surface area contributed by atoms with Crippen LogP contribution in [0.4, 0.5) is 5.69 Å². The number of fused-ring (bicyclic) bond motifs is 3. The molecule has 1 unspecified atom stereocenters. The van der Waals surface area contributed by atoms with Gasteiger partial charge >= 0.3 is 5.97 Å². The number of nitrogens with zero attached hydrogens (tertiary/aromatic N) is 1. The Bertz CT molecular complexity index is 2280. The summed E-state index contributed by atoms with van der Waals surface area (Å²) in [5, 5.41) is 11.6. The highest BCUT2D eigenvalue weighted by molar-refractivity contribution is 6.05. The number of methoxy groups -OCH3 is 1. The molecule has 2 aliphatic rings. The minimum atomic E-state index is -0.978. The van der Waals surface area contributed by atoms with Crippen LogP contribution in [0.25, 0.3) is 39.1 Å². The molecule has 0 spiro atoms. The minimum absolute atomic E-state index is 0.0399. The Morgan fingerprint density at radius 1 is 0.741 bits per heavy atom. The number of esters is 1. The summed E-state index contributed by atoms with van der Waals surface area (Å²) >= 11 is 0. The van der Waals surface area contributed by atoms with Gasteiger partial charge in [0.15, 0.2) is 5.60 Å². The molecule has 5 nitrogen and oxygen atoms in total. The second-order valence-corrected chi connectivity index (χ2v) is 14.6. The number of aliphatic hydroxyl groups is 1. The largest absolute Gasteiger partial charge is 0.472 e. The Kier molecular flexibility index (Phi) is 10.1. The van der Waals surface area contributed by atoms with E-state index in [1.54, 1.807) is 0 Å². The van der Waals surface area contributed by atoms with Crippen molar-refractivity contribution in [1.29, 1.82) is 0 Å². The monoisotopic (exact) mass is 713 g/mol. The molecule has 1 saturated heterocycles. The van der Waals surface area contributed by atoms with Crippen LogP contribution in [-0.4, -0.2) is 31.3 Å². The van der Waals surface area contributed by atoms with Gasteiger partial charge < -0.3 is 19.5 Å². The number of hydrogen-bond donors (Lipinski definition) is 1. The van der Waals surface area contributed by atoms with Gasteiger partial charge in [0.05, 0.1) is 19.3 Å². The quantitative estimate of drug-likeness (QED) is 0.107. The average Bonchev–Trinajstić information content (AvgIpc) is 3.79. The normalized spacial score (nSPS) is 16.3. The maximum atomic E-state index is 13.3. The number of hydrogen-bond acceptors (Lipinski definition) is 5. The van der Waals surface area contributed by atoms with Crippen LogP contribution in [0.2, 0.25) is 0 Å². The predicted molar refractivity (Wildman–Crippen MR) is 220 cm³/mol. The Morgan fingerprint density at radius 2 is 1.33 bits per heavy atom. The first-order chi connectivity index (χ1) is 26.5. The van der Waals surface area contributed by atoms with Crippen molar-refractivity contribution in [2.24, 2.45) is 0 Å². The highest BCUT2D eigenvalue weighted by Gasteiger charge is 2.39. The van der Waals surface area contributed by atoms with Crippen molar-refractivity contribution in [3.8, 4) is 28.0 Å². The van der Waals surface area contributed by atoms with Crippen LogP contribution in [0.3, 0.4) is 0 Å². The first-order valence-corrected chi connectivity index (χ1v) is 19.3. The van der Waals surface area contributed by atoms with Crippen molar-refractivity contribution >= 4 is 28.5 Å². The van der Waals surface area contributed by atoms with Gasteiger partial charge in [0, 0.05) is 40.9 Å². The lowest BCUT2D eigenvalue weighted by Crippen LogP contribution is -2.35. The van der Waals surface area contributed by atoms with Crippen molar-refractivity contribution in [1.82, 2.24) is 0 Å². The zero-order valence-corrected chi connectivity index (χ0v) is 31.2. The van der Waals surface area contributed by atoms with Crippen molar-refractivity contribution in [2.75, 3.05) is 25.1 Å². The summed E-state index contributed by atoms with van der Waals surface area (Å²) in [6.45, 7) is 4.34. The molecule has 1 atom stereocenters. The van der Waals surface area contributed by atoms with Crippen molar-refractivity contribution in [3.63, 3.8) is 0 Å². The lowest BCUT2D eigenvalue weighted by Gasteiger charge is -2.37. The van der Waals surface area contributed by atoms with E-state index >= 15 is 0 Å². The van der Waals surface area contributed by atoms with Gasteiger partial charge in [-0.05, 0) is 101 Å². The number of aliphatic hydroxyl groups excluding tert-OH is 1. The van der Waals surface area contributed by atoms with E-state index in [4.69, 9.17) is 9.47 Å². The fraction of sp³-hybridized carbons (Fsp3) is 0.245. The molecule has 6 aromatic rings. The van der Waals surface area contributed by atoms with Crippen LogP contribution in [-0.2, 0) is 23.4 Å². The number of ether oxygens (including phenoxy) is 2. The van der Waals surface area contributed by atoms with Crippen LogP contribution in [0.15, 0.2) is 127 Å². The second kappa shape index (κ2) is 15.4. The third-order valence-electron chi connectivity index (χ3n) is 11.2. The van der Waals surface area contributed by atoms with Gasteiger partial charge in [0.25, 0.3) is 0 Å². The Balaban J connectivity index is 1.17. The number of benzene rings is 6. The number of rotatable bonds is 11. The minimum Gasteiger partial charge on any atom is -0.472 e. The molecule has 0 aromatic heterocycles. The summed E-state index contributed by atoms with van der Waals surface area (Å²) in [6, 6.07) is 42.5. The summed E-state index contributed by atoms with van der Waals surface area (Å²) in [5.41, 5.74) is 10.0. The number of unbranched alkanes of at least 4 members (excludes halogenated alkanes) is 2. The van der Waals surface area contributed by atoms with Crippen LogP contribution >= 0.6 is 0 Å². The fourth-order valence-corrected chi connectivity index (χ4v) is 8.05. The zero-order chi connectivity index (χ0) is 37.1. The van der Waals surface area contributed by atoms with Crippen LogP contribution in [0.1, 0.15) is 77.2 Å². The number of anilines is 1. The Labute approximate surface area is 318 Å². The van der Waals surface area contributed by atoms with Gasteiger partial charge in [0.1, 0.15) is 5.75 Å². The van der Waals surface area contributed by atoms with E-state index in [1.807, 2.05) is 42.5 Å². The van der Waals surface area contributed by atoms with E-state index in [-0.39, 0.29) is 6.61 Å². The molecule has 5 heteroatoms. The first kappa shape index (κ1) is 35.4. The molecule has 0 radical (unpaired) electrons. The average molecular weight is 714 g/mol. The molecule has 0 saturated carbocycles. The van der Waals surface area contributed by atoms with Crippen LogP contribution in [0.5, 0.6) is 5.75 Å². The lowest BCUT2D eigenvalue weighted by atomic mass is 9.82. The molecule has 54 heavy (non-hydrogen) atoms. The molecule has 2 aliphatic heterocycles. The van der Waals surface area contributed by atoms with Gasteiger partial charge in [-0.25, -0.2) is 4.79 Å². The Hall–Kier alpha value is -5.65. The van der Waals surface area contributed by atoms with Gasteiger partial charge in [-0.3, -0.25) is 0 Å². The van der Waals surface area contributed by atoms with E-state index in [2.05, 4.69) is 103 Å². The van der Waals surface area contributed by atoms with Crippen molar-refractivity contribution in [3.05, 3.63) is 161 Å². The third kappa shape index (κ3) is 6.81. The van der Waals surface area contributed by atoms with E-state index in [0.717, 1.165) is 58.1 Å². The molecule has 8 rings (SSSR count). The molecule has 1 N–H and O–H groups in total.